The third-order valence-electron chi connectivity index (χ3n) is 6.79. The SMILES string of the molecule is CC1(C)C(=O)Nc2nc(-c3nn(Cc4ccccc4F)c4ncccc34)nc(C(=O)Nc3cc(F)c(F)c(F)c3)c21. The van der Waals surface area contributed by atoms with Crippen molar-refractivity contribution >= 4 is 34.4 Å². The number of carbonyl (C=O) groups is 2. The molecule has 0 radical (unpaired) electrons. The smallest absolute Gasteiger partial charge is 0.274 e. The molecule has 5 aromatic rings. The minimum atomic E-state index is -1.68. The van der Waals surface area contributed by atoms with Gasteiger partial charge < -0.3 is 10.6 Å². The third-order valence-corrected chi connectivity index (χ3v) is 6.79. The quantitative estimate of drug-likeness (QED) is 0.231. The molecule has 0 unspecified atom stereocenters. The van der Waals surface area contributed by atoms with Gasteiger partial charge in [-0.2, -0.15) is 5.10 Å². The number of carbonyl (C=O) groups excluding carboxylic acids is 2. The Kier molecular flexibility index (Phi) is 6.01. The molecule has 13 heteroatoms. The van der Waals surface area contributed by atoms with E-state index in [1.807, 2.05) is 0 Å². The zero-order chi connectivity index (χ0) is 29.1. The highest BCUT2D eigenvalue weighted by atomic mass is 19.2. The second kappa shape index (κ2) is 9.47. The summed E-state index contributed by atoms with van der Waals surface area (Å²) in [7, 11) is 0. The summed E-state index contributed by atoms with van der Waals surface area (Å²) in [5.41, 5.74) is -0.773. The molecule has 0 saturated carbocycles. The van der Waals surface area contributed by atoms with Crippen LogP contribution < -0.4 is 10.6 Å². The van der Waals surface area contributed by atoms with Crippen LogP contribution in [0.2, 0.25) is 0 Å². The molecule has 4 heterocycles. The number of hydrogen-bond acceptors (Lipinski definition) is 6. The van der Waals surface area contributed by atoms with Crippen LogP contribution in [-0.2, 0) is 16.8 Å². The number of nitrogens with one attached hydrogen (secondary N) is 2. The van der Waals surface area contributed by atoms with Crippen LogP contribution in [0.3, 0.4) is 0 Å². The van der Waals surface area contributed by atoms with Gasteiger partial charge in [-0.25, -0.2) is 37.2 Å². The summed E-state index contributed by atoms with van der Waals surface area (Å²) in [6, 6.07) is 10.8. The number of hydrogen-bond donors (Lipinski definition) is 2. The van der Waals surface area contributed by atoms with Crippen LogP contribution in [0.4, 0.5) is 29.1 Å². The number of aromatic nitrogens is 5. The van der Waals surface area contributed by atoms with Crippen LogP contribution in [0.25, 0.3) is 22.6 Å². The van der Waals surface area contributed by atoms with E-state index >= 15 is 0 Å². The summed E-state index contributed by atoms with van der Waals surface area (Å²) in [5.74, 6) is -6.50. The highest BCUT2D eigenvalue weighted by Crippen LogP contribution is 2.40. The van der Waals surface area contributed by atoms with Crippen LogP contribution in [0, 0.1) is 23.3 Å². The average molecular weight is 561 g/mol. The minimum Gasteiger partial charge on any atom is -0.320 e. The third kappa shape index (κ3) is 4.35. The summed E-state index contributed by atoms with van der Waals surface area (Å²) >= 11 is 0. The molecule has 9 nitrogen and oxygen atoms in total. The number of halogens is 4. The molecule has 1 aliphatic heterocycles. The van der Waals surface area contributed by atoms with Crippen molar-refractivity contribution in [2.45, 2.75) is 25.8 Å². The zero-order valence-electron chi connectivity index (χ0n) is 21.5. The van der Waals surface area contributed by atoms with Gasteiger partial charge in [0, 0.05) is 35.1 Å². The van der Waals surface area contributed by atoms with Crippen LogP contribution >= 0.6 is 0 Å². The van der Waals surface area contributed by atoms with Crippen molar-refractivity contribution in [2.75, 3.05) is 10.6 Å². The lowest BCUT2D eigenvalue weighted by Gasteiger charge is -2.18. The Bertz CT molecular complexity index is 1880. The van der Waals surface area contributed by atoms with Gasteiger partial charge in [-0.3, -0.25) is 9.59 Å². The molecule has 0 saturated heterocycles. The van der Waals surface area contributed by atoms with E-state index in [1.165, 1.54) is 16.9 Å². The molecular formula is C28H19F4N7O2. The summed E-state index contributed by atoms with van der Waals surface area (Å²) in [6.07, 6.45) is 1.54. The normalized spacial score (nSPS) is 13.8. The van der Waals surface area contributed by atoms with Gasteiger partial charge in [0.1, 0.15) is 23.0 Å². The molecule has 0 spiro atoms. The molecule has 206 valence electrons. The molecule has 3 aromatic heterocycles. The fourth-order valence-corrected chi connectivity index (χ4v) is 4.68. The number of rotatable bonds is 5. The molecule has 2 amide bonds. The molecule has 0 aliphatic carbocycles. The first-order valence-corrected chi connectivity index (χ1v) is 12.3. The first-order chi connectivity index (χ1) is 19.5. The fraction of sp³-hybridized carbons (Fsp3) is 0.143. The second-order valence-electron chi connectivity index (χ2n) is 9.88. The Morgan fingerprint density at radius 3 is 2.46 bits per heavy atom. The van der Waals surface area contributed by atoms with E-state index < -0.39 is 40.5 Å². The molecule has 0 bridgehead atoms. The molecule has 41 heavy (non-hydrogen) atoms. The van der Waals surface area contributed by atoms with E-state index in [4.69, 9.17) is 0 Å². The van der Waals surface area contributed by atoms with Gasteiger partial charge in [-0.15, -0.1) is 0 Å². The van der Waals surface area contributed by atoms with Gasteiger partial charge in [0.25, 0.3) is 5.91 Å². The van der Waals surface area contributed by atoms with Crippen LogP contribution in [0.5, 0.6) is 0 Å². The number of amides is 2. The van der Waals surface area contributed by atoms with Crippen molar-refractivity contribution in [3.63, 3.8) is 0 Å². The lowest BCUT2D eigenvalue weighted by Crippen LogP contribution is -2.29. The minimum absolute atomic E-state index is 0.0317. The maximum Gasteiger partial charge on any atom is 0.274 e. The first-order valence-electron chi connectivity index (χ1n) is 12.3. The van der Waals surface area contributed by atoms with Gasteiger partial charge in [0.05, 0.1) is 17.3 Å². The molecule has 1 aliphatic rings. The molecule has 2 N–H and O–H groups in total. The van der Waals surface area contributed by atoms with E-state index in [9.17, 15) is 27.2 Å². The highest BCUT2D eigenvalue weighted by Gasteiger charge is 2.44. The number of nitrogens with zero attached hydrogens (tertiary/aromatic N) is 5. The number of anilines is 2. The van der Waals surface area contributed by atoms with Gasteiger partial charge in [-0.1, -0.05) is 18.2 Å². The molecular weight excluding hydrogens is 542 g/mol. The Labute approximate surface area is 229 Å². The molecule has 0 atom stereocenters. The monoisotopic (exact) mass is 561 g/mol. The van der Waals surface area contributed by atoms with E-state index in [-0.39, 0.29) is 40.8 Å². The molecule has 0 fully saturated rings. The highest BCUT2D eigenvalue weighted by molar-refractivity contribution is 6.12. The van der Waals surface area contributed by atoms with E-state index in [2.05, 4.69) is 30.7 Å². The van der Waals surface area contributed by atoms with Crippen molar-refractivity contribution in [1.29, 1.82) is 0 Å². The topological polar surface area (TPSA) is 115 Å². The standard InChI is InChI=1S/C28H19F4N7O2/c1-28(2)19-22(26(40)34-14-10-17(30)20(32)18(31)11-14)35-24(36-23(19)37-27(28)41)21-15-7-5-9-33-25(15)39(38-21)12-13-6-3-4-8-16(13)29/h3-11H,12H2,1-2H3,(H,34,40)(H,35,36,37,41). The number of fused-ring (bicyclic) bond motifs is 2. The van der Waals surface area contributed by atoms with Crippen molar-refractivity contribution in [3.8, 4) is 11.5 Å². The van der Waals surface area contributed by atoms with Gasteiger partial charge >= 0.3 is 0 Å². The van der Waals surface area contributed by atoms with E-state index in [1.54, 1.807) is 44.2 Å². The lowest BCUT2D eigenvalue weighted by atomic mass is 9.85. The fourth-order valence-electron chi connectivity index (χ4n) is 4.68. The van der Waals surface area contributed by atoms with Crippen molar-refractivity contribution in [1.82, 2.24) is 24.7 Å². The van der Waals surface area contributed by atoms with E-state index in [0.717, 1.165) is 0 Å². The summed E-state index contributed by atoms with van der Waals surface area (Å²) < 4.78 is 57.0. The maximum atomic E-state index is 14.4. The molecule has 6 rings (SSSR count). The number of benzene rings is 2. The Hall–Kier alpha value is -5.20. The van der Waals surface area contributed by atoms with Crippen molar-refractivity contribution in [3.05, 3.63) is 94.8 Å². The van der Waals surface area contributed by atoms with Gasteiger partial charge in [0.2, 0.25) is 5.91 Å². The zero-order valence-corrected chi connectivity index (χ0v) is 21.5. The van der Waals surface area contributed by atoms with Gasteiger partial charge in [-0.05, 0) is 32.0 Å². The Balaban J connectivity index is 1.49. The Morgan fingerprint density at radius 2 is 1.73 bits per heavy atom. The Morgan fingerprint density at radius 1 is 1.00 bits per heavy atom. The lowest BCUT2D eigenvalue weighted by molar-refractivity contribution is -0.119. The predicted molar refractivity (Wildman–Crippen MR) is 140 cm³/mol. The van der Waals surface area contributed by atoms with Crippen LogP contribution in [0.1, 0.15) is 35.5 Å². The second-order valence-corrected chi connectivity index (χ2v) is 9.88. The van der Waals surface area contributed by atoms with Gasteiger partial charge in [0.15, 0.2) is 28.9 Å². The molecule has 2 aromatic carbocycles. The van der Waals surface area contributed by atoms with Crippen molar-refractivity contribution in [2.24, 2.45) is 0 Å². The average Bonchev–Trinajstić information content (AvgIpc) is 3.41. The van der Waals surface area contributed by atoms with E-state index in [0.29, 0.717) is 28.7 Å². The summed E-state index contributed by atoms with van der Waals surface area (Å²) in [5, 5.41) is 10.0. The van der Waals surface area contributed by atoms with Crippen molar-refractivity contribution < 1.29 is 27.2 Å². The number of pyridine rings is 1. The summed E-state index contributed by atoms with van der Waals surface area (Å²) in [4.78, 5) is 39.5. The maximum absolute atomic E-state index is 14.4. The summed E-state index contributed by atoms with van der Waals surface area (Å²) in [6.45, 7) is 3.16. The largest absolute Gasteiger partial charge is 0.320 e. The van der Waals surface area contributed by atoms with Crippen LogP contribution in [0.15, 0.2) is 54.7 Å². The van der Waals surface area contributed by atoms with Crippen LogP contribution in [-0.4, -0.2) is 36.5 Å². The predicted octanol–water partition coefficient (Wildman–Crippen LogP) is 4.98. The first kappa shape index (κ1) is 26.0.